The number of hydrogen-bond acceptors (Lipinski definition) is 6. The second-order valence-corrected chi connectivity index (χ2v) is 7.82. The van der Waals surface area contributed by atoms with Gasteiger partial charge in [-0.1, -0.05) is 41.5 Å². The van der Waals surface area contributed by atoms with E-state index < -0.39 is 35.8 Å². The first kappa shape index (κ1) is 21.1. The molecule has 6 heteroatoms. The van der Waals surface area contributed by atoms with Crippen LogP contribution in [0.15, 0.2) is 11.8 Å². The number of rotatable bonds is 8. The smallest absolute Gasteiger partial charge is 0.220 e. The van der Waals surface area contributed by atoms with Crippen LogP contribution in [0.5, 0.6) is 0 Å². The van der Waals surface area contributed by atoms with Crippen LogP contribution >= 0.6 is 0 Å². The predicted octanol–water partition coefficient (Wildman–Crippen LogP) is 1.01. The maximum absolute atomic E-state index is 12.7. The van der Waals surface area contributed by atoms with E-state index in [0.717, 1.165) is 0 Å². The van der Waals surface area contributed by atoms with Crippen LogP contribution < -0.4 is 0 Å². The highest BCUT2D eigenvalue weighted by Gasteiger charge is 2.61. The number of ether oxygens (including phenoxy) is 1. The van der Waals surface area contributed by atoms with Gasteiger partial charge in [-0.05, 0) is 30.3 Å². The van der Waals surface area contributed by atoms with Crippen molar-refractivity contribution in [1.82, 2.24) is 0 Å². The predicted molar refractivity (Wildman–Crippen MR) is 90.1 cm³/mol. The number of aliphatic hydroxyl groups is 4. The molecule has 1 rings (SSSR count). The lowest BCUT2D eigenvalue weighted by Crippen LogP contribution is -2.67. The lowest BCUT2D eigenvalue weighted by molar-refractivity contribution is -0.212. The molecule has 0 bridgehead atoms. The summed E-state index contributed by atoms with van der Waals surface area (Å²) in [6.07, 6.45) is -3.71. The molecule has 6 nitrogen and oxygen atoms in total. The quantitative estimate of drug-likeness (QED) is 0.523. The second kappa shape index (κ2) is 7.95. The number of ketones is 1. The minimum Gasteiger partial charge on any atom is -0.487 e. The van der Waals surface area contributed by atoms with E-state index in [1.165, 1.54) is 0 Å². The molecule has 0 saturated carbocycles. The first-order valence-corrected chi connectivity index (χ1v) is 8.62. The summed E-state index contributed by atoms with van der Waals surface area (Å²) < 4.78 is 5.54. The largest absolute Gasteiger partial charge is 0.487 e. The molecule has 1 heterocycles. The van der Waals surface area contributed by atoms with Crippen molar-refractivity contribution in [3.63, 3.8) is 0 Å². The van der Waals surface area contributed by atoms with Gasteiger partial charge in [0.2, 0.25) is 11.4 Å². The van der Waals surface area contributed by atoms with Crippen LogP contribution in [-0.4, -0.2) is 56.2 Å². The summed E-state index contributed by atoms with van der Waals surface area (Å²) in [4.78, 5) is 12.7. The van der Waals surface area contributed by atoms with Gasteiger partial charge in [0, 0.05) is 0 Å². The number of Topliss-reactive ketones (excluding diaryl/α,β-unsaturated/α-hetero) is 1. The third-order valence-corrected chi connectivity index (χ3v) is 4.21. The zero-order valence-electron chi connectivity index (χ0n) is 15.4. The summed E-state index contributed by atoms with van der Waals surface area (Å²) in [5.41, 5.74) is -1.98. The van der Waals surface area contributed by atoms with Gasteiger partial charge in [0.05, 0.1) is 6.10 Å². The Bertz CT molecular complexity index is 470. The molecule has 0 spiro atoms. The first-order valence-electron chi connectivity index (χ1n) is 8.62. The summed E-state index contributed by atoms with van der Waals surface area (Å²) >= 11 is 0. The Morgan fingerprint density at radius 2 is 1.71 bits per heavy atom. The normalized spacial score (nSPS) is 29.5. The number of aliphatic hydroxyl groups excluding tert-OH is 3. The Kier molecular flexibility index (Phi) is 6.99. The standard InChI is InChI=1S/C18H32O6/c1-9(2)7-12(19)14(20)15(21)16(22)18(23)13(8-10(3)4)24-17(18)11(5)6/h8-12,14-15,17,19-21,23H,7H2,1-6H3/t12?,14-,15-,17?,18+/m1/s1. The fourth-order valence-electron chi connectivity index (χ4n) is 2.96. The van der Waals surface area contributed by atoms with E-state index in [4.69, 9.17) is 4.74 Å². The summed E-state index contributed by atoms with van der Waals surface area (Å²) in [5.74, 6) is -0.860. The number of allylic oxidation sites excluding steroid dienone is 1. The first-order chi connectivity index (χ1) is 10.9. The fourth-order valence-corrected chi connectivity index (χ4v) is 2.96. The van der Waals surface area contributed by atoms with Crippen molar-refractivity contribution in [1.29, 1.82) is 0 Å². The van der Waals surface area contributed by atoms with Crippen molar-refractivity contribution in [3.05, 3.63) is 11.8 Å². The second-order valence-electron chi connectivity index (χ2n) is 7.82. The van der Waals surface area contributed by atoms with Crippen molar-refractivity contribution < 1.29 is 30.0 Å². The maximum Gasteiger partial charge on any atom is 0.220 e. The molecular weight excluding hydrogens is 312 g/mol. The van der Waals surface area contributed by atoms with Crippen molar-refractivity contribution >= 4 is 5.78 Å². The zero-order chi connectivity index (χ0) is 18.8. The third kappa shape index (κ3) is 4.17. The topological polar surface area (TPSA) is 107 Å². The average molecular weight is 344 g/mol. The molecule has 24 heavy (non-hydrogen) atoms. The Morgan fingerprint density at radius 1 is 1.17 bits per heavy atom. The van der Waals surface area contributed by atoms with E-state index in [1.54, 1.807) is 19.9 Å². The van der Waals surface area contributed by atoms with Gasteiger partial charge in [-0.25, -0.2) is 0 Å². The Morgan fingerprint density at radius 3 is 2.12 bits per heavy atom. The maximum atomic E-state index is 12.7. The van der Waals surface area contributed by atoms with Gasteiger partial charge in [-0.15, -0.1) is 0 Å². The summed E-state index contributed by atoms with van der Waals surface area (Å²) in [7, 11) is 0. The Balaban J connectivity index is 3.02. The van der Waals surface area contributed by atoms with Crippen molar-refractivity contribution in [3.8, 4) is 0 Å². The minimum atomic E-state index is -1.98. The molecule has 0 amide bonds. The number of carbonyl (C=O) groups excluding carboxylic acids is 1. The van der Waals surface area contributed by atoms with E-state index in [-0.39, 0.29) is 29.9 Å². The van der Waals surface area contributed by atoms with Gasteiger partial charge >= 0.3 is 0 Å². The highest BCUT2D eigenvalue weighted by Crippen LogP contribution is 2.43. The molecule has 0 aromatic carbocycles. The van der Waals surface area contributed by atoms with E-state index >= 15 is 0 Å². The van der Waals surface area contributed by atoms with Gasteiger partial charge in [0.1, 0.15) is 24.1 Å². The summed E-state index contributed by atoms with van der Waals surface area (Å²) in [6, 6.07) is 0. The van der Waals surface area contributed by atoms with Crippen LogP contribution in [0.3, 0.4) is 0 Å². The molecule has 1 aliphatic rings. The summed E-state index contributed by atoms with van der Waals surface area (Å²) in [5, 5.41) is 41.2. The Hall–Kier alpha value is -0.950. The van der Waals surface area contributed by atoms with Crippen molar-refractivity contribution in [2.24, 2.45) is 17.8 Å². The molecule has 0 aromatic rings. The van der Waals surface area contributed by atoms with E-state index in [2.05, 4.69) is 0 Å². The van der Waals surface area contributed by atoms with Crippen LogP contribution in [0.25, 0.3) is 0 Å². The fraction of sp³-hybridized carbons (Fsp3) is 0.833. The van der Waals surface area contributed by atoms with Crippen molar-refractivity contribution in [2.75, 3.05) is 0 Å². The van der Waals surface area contributed by atoms with Crippen LogP contribution in [0.2, 0.25) is 0 Å². The van der Waals surface area contributed by atoms with Gasteiger partial charge < -0.3 is 25.2 Å². The average Bonchev–Trinajstić information content (AvgIpc) is 2.46. The molecule has 1 saturated heterocycles. The van der Waals surface area contributed by atoms with Gasteiger partial charge in [-0.2, -0.15) is 0 Å². The highest BCUT2D eigenvalue weighted by molar-refractivity contribution is 5.96. The third-order valence-electron chi connectivity index (χ3n) is 4.21. The lowest BCUT2D eigenvalue weighted by Gasteiger charge is -2.49. The molecule has 2 unspecified atom stereocenters. The molecule has 140 valence electrons. The van der Waals surface area contributed by atoms with Crippen LogP contribution in [0, 0.1) is 17.8 Å². The molecule has 4 N–H and O–H groups in total. The molecule has 0 radical (unpaired) electrons. The zero-order valence-corrected chi connectivity index (χ0v) is 15.4. The van der Waals surface area contributed by atoms with Gasteiger partial charge in [0.25, 0.3) is 0 Å². The summed E-state index contributed by atoms with van der Waals surface area (Å²) in [6.45, 7) is 11.1. The minimum absolute atomic E-state index is 0.0426. The SMILES string of the molecule is CC(C)C=C1OC(C(C)C)[C@@]1(O)C(=O)[C@H](O)[C@H](O)C(O)CC(C)C. The molecule has 5 atom stereocenters. The number of carbonyl (C=O) groups is 1. The lowest BCUT2D eigenvalue weighted by atomic mass is 9.75. The molecule has 0 aromatic heterocycles. The van der Waals surface area contributed by atoms with Crippen LogP contribution in [-0.2, 0) is 9.53 Å². The van der Waals surface area contributed by atoms with E-state index in [0.29, 0.717) is 0 Å². The highest BCUT2D eigenvalue weighted by atomic mass is 16.6. The van der Waals surface area contributed by atoms with Crippen molar-refractivity contribution in [2.45, 2.75) is 78.0 Å². The van der Waals surface area contributed by atoms with Gasteiger partial charge in [0.15, 0.2) is 0 Å². The molecule has 0 aliphatic carbocycles. The number of hydrogen-bond donors (Lipinski definition) is 4. The Labute approximate surface area is 144 Å². The van der Waals surface area contributed by atoms with Crippen LogP contribution in [0.4, 0.5) is 0 Å². The molecule has 1 fully saturated rings. The molecular formula is C18H32O6. The monoisotopic (exact) mass is 344 g/mol. The molecule has 1 aliphatic heterocycles. The van der Waals surface area contributed by atoms with Crippen LogP contribution in [0.1, 0.15) is 48.0 Å². The van der Waals surface area contributed by atoms with E-state index in [9.17, 15) is 25.2 Å². The van der Waals surface area contributed by atoms with Gasteiger partial charge in [-0.3, -0.25) is 4.79 Å². The van der Waals surface area contributed by atoms with E-state index in [1.807, 2.05) is 27.7 Å².